The quantitative estimate of drug-likeness (QED) is 0.705. The molecule has 2 aromatic rings. The van der Waals surface area contributed by atoms with E-state index in [9.17, 15) is 4.79 Å². The van der Waals surface area contributed by atoms with Crippen LogP contribution in [0, 0.1) is 6.92 Å². The minimum atomic E-state index is 0.173. The van der Waals surface area contributed by atoms with Crippen LogP contribution in [0.25, 0.3) is 10.4 Å². The Morgan fingerprint density at radius 1 is 1.11 bits per heavy atom. The summed E-state index contributed by atoms with van der Waals surface area (Å²) in [7, 11) is 0. The first kappa shape index (κ1) is 13.0. The topological polar surface area (TPSA) is 17.1 Å². The van der Waals surface area contributed by atoms with Crippen molar-refractivity contribution in [3.05, 3.63) is 46.3 Å². The van der Waals surface area contributed by atoms with Crippen LogP contribution in [0.5, 0.6) is 0 Å². The molecule has 0 atom stereocenters. The zero-order valence-corrected chi connectivity index (χ0v) is 12.1. The van der Waals surface area contributed by atoms with Crippen molar-refractivity contribution >= 4 is 17.6 Å². The first-order valence-corrected chi connectivity index (χ1v) is 6.90. The highest BCUT2D eigenvalue weighted by atomic mass is 32.1. The minimum Gasteiger partial charge on any atom is -0.297 e. The molecule has 1 nitrogen and oxygen atoms in total. The van der Waals surface area contributed by atoms with Crippen molar-refractivity contribution in [1.29, 1.82) is 0 Å². The molecule has 0 aliphatic heterocycles. The smallest absolute Gasteiger partial charge is 0.160 e. The molecule has 2 rings (SSSR count). The summed E-state index contributed by atoms with van der Waals surface area (Å²) in [4.78, 5) is 12.7. The molecule has 2 heteroatoms. The van der Waals surface area contributed by atoms with Crippen LogP contribution in [0.4, 0.5) is 0 Å². The molecule has 0 aliphatic rings. The van der Waals surface area contributed by atoms with Crippen LogP contribution in [-0.4, -0.2) is 6.29 Å². The summed E-state index contributed by atoms with van der Waals surface area (Å²) in [6.07, 6.45) is 0.910. The molecule has 0 unspecified atom stereocenters. The summed E-state index contributed by atoms with van der Waals surface area (Å²) in [5.41, 5.74) is 4.01. The molecule has 0 spiro atoms. The average Bonchev–Trinajstić information content (AvgIpc) is 2.76. The van der Waals surface area contributed by atoms with Gasteiger partial charge in [-0.15, -0.1) is 11.3 Å². The standard InChI is InChI=1S/C16H18OS/c1-11-9-12(16(2,3)4)5-7-14(11)15-8-6-13(10-17)18-15/h5-10H,1-4H3. The molecule has 1 heterocycles. The van der Waals surface area contributed by atoms with E-state index in [1.807, 2.05) is 12.1 Å². The van der Waals surface area contributed by atoms with Crippen molar-refractivity contribution in [2.75, 3.05) is 0 Å². The van der Waals surface area contributed by atoms with E-state index in [1.54, 1.807) is 11.3 Å². The monoisotopic (exact) mass is 258 g/mol. The van der Waals surface area contributed by atoms with Gasteiger partial charge in [0.2, 0.25) is 0 Å². The van der Waals surface area contributed by atoms with Crippen LogP contribution in [0.2, 0.25) is 0 Å². The Morgan fingerprint density at radius 3 is 2.33 bits per heavy atom. The van der Waals surface area contributed by atoms with Gasteiger partial charge >= 0.3 is 0 Å². The normalized spacial score (nSPS) is 11.6. The molecular formula is C16H18OS. The van der Waals surface area contributed by atoms with Gasteiger partial charge in [-0.1, -0.05) is 39.0 Å². The van der Waals surface area contributed by atoms with Gasteiger partial charge in [0.1, 0.15) is 0 Å². The fraction of sp³-hybridized carbons (Fsp3) is 0.312. The average molecular weight is 258 g/mol. The number of aldehydes is 1. The zero-order valence-electron chi connectivity index (χ0n) is 11.3. The maximum Gasteiger partial charge on any atom is 0.160 e. The van der Waals surface area contributed by atoms with Crippen LogP contribution in [0.1, 0.15) is 41.6 Å². The lowest BCUT2D eigenvalue weighted by molar-refractivity contribution is 0.112. The Bertz CT molecular complexity index is 573. The van der Waals surface area contributed by atoms with E-state index in [4.69, 9.17) is 0 Å². The van der Waals surface area contributed by atoms with E-state index in [0.29, 0.717) is 0 Å². The number of aryl methyl sites for hydroxylation is 1. The molecule has 0 fully saturated rings. The Balaban J connectivity index is 2.44. The maximum atomic E-state index is 10.7. The molecule has 0 bridgehead atoms. The summed E-state index contributed by atoms with van der Waals surface area (Å²) >= 11 is 1.55. The maximum absolute atomic E-state index is 10.7. The van der Waals surface area contributed by atoms with Gasteiger partial charge in [0, 0.05) is 4.88 Å². The van der Waals surface area contributed by atoms with Crippen LogP contribution in [-0.2, 0) is 5.41 Å². The van der Waals surface area contributed by atoms with Crippen molar-refractivity contribution < 1.29 is 4.79 Å². The molecule has 0 N–H and O–H groups in total. The van der Waals surface area contributed by atoms with Crippen molar-refractivity contribution in [2.45, 2.75) is 33.1 Å². The van der Waals surface area contributed by atoms with E-state index in [1.165, 1.54) is 16.7 Å². The highest BCUT2D eigenvalue weighted by molar-refractivity contribution is 7.17. The number of hydrogen-bond acceptors (Lipinski definition) is 2. The number of benzene rings is 1. The third-order valence-electron chi connectivity index (χ3n) is 3.10. The van der Waals surface area contributed by atoms with Gasteiger partial charge in [-0.3, -0.25) is 4.79 Å². The largest absolute Gasteiger partial charge is 0.297 e. The SMILES string of the molecule is Cc1cc(C(C)(C)C)ccc1-c1ccc(C=O)s1. The number of carbonyl (C=O) groups is 1. The third kappa shape index (κ3) is 2.54. The van der Waals surface area contributed by atoms with Crippen molar-refractivity contribution in [1.82, 2.24) is 0 Å². The summed E-state index contributed by atoms with van der Waals surface area (Å²) in [6, 6.07) is 10.5. The number of thiophene rings is 1. The lowest BCUT2D eigenvalue weighted by Gasteiger charge is -2.20. The van der Waals surface area contributed by atoms with Crippen molar-refractivity contribution in [2.24, 2.45) is 0 Å². The first-order valence-electron chi connectivity index (χ1n) is 6.08. The Labute approximate surface area is 112 Å². The Morgan fingerprint density at radius 2 is 1.83 bits per heavy atom. The van der Waals surface area contributed by atoms with Crippen LogP contribution < -0.4 is 0 Å². The van der Waals surface area contributed by atoms with Gasteiger partial charge in [0.05, 0.1) is 4.88 Å². The van der Waals surface area contributed by atoms with Crippen LogP contribution in [0.3, 0.4) is 0 Å². The fourth-order valence-corrected chi connectivity index (χ4v) is 2.88. The fourth-order valence-electron chi connectivity index (χ4n) is 1.97. The van der Waals surface area contributed by atoms with Crippen molar-refractivity contribution in [3.63, 3.8) is 0 Å². The van der Waals surface area contributed by atoms with Crippen LogP contribution in [0.15, 0.2) is 30.3 Å². The molecule has 0 aliphatic carbocycles. The molecule has 0 amide bonds. The van der Waals surface area contributed by atoms with Gasteiger partial charge in [0.25, 0.3) is 0 Å². The van der Waals surface area contributed by atoms with Crippen LogP contribution >= 0.6 is 11.3 Å². The van der Waals surface area contributed by atoms with E-state index >= 15 is 0 Å². The predicted molar refractivity (Wildman–Crippen MR) is 78.6 cm³/mol. The van der Waals surface area contributed by atoms with E-state index < -0.39 is 0 Å². The van der Waals surface area contributed by atoms with E-state index in [0.717, 1.165) is 16.0 Å². The molecule has 1 aromatic carbocycles. The second-order valence-corrected chi connectivity index (χ2v) is 6.71. The summed E-state index contributed by atoms with van der Waals surface area (Å²) in [6.45, 7) is 8.79. The predicted octanol–water partition coefficient (Wildman–Crippen LogP) is 4.83. The zero-order chi connectivity index (χ0) is 13.3. The van der Waals surface area contributed by atoms with E-state index in [2.05, 4.69) is 45.9 Å². The second-order valence-electron chi connectivity index (χ2n) is 5.60. The molecule has 0 saturated heterocycles. The van der Waals surface area contributed by atoms with Gasteiger partial charge in [-0.25, -0.2) is 0 Å². The van der Waals surface area contributed by atoms with Gasteiger partial charge in [-0.05, 0) is 41.2 Å². The molecule has 94 valence electrons. The van der Waals surface area contributed by atoms with Gasteiger partial charge in [0.15, 0.2) is 6.29 Å². The number of rotatable bonds is 2. The second kappa shape index (κ2) is 4.69. The summed E-state index contributed by atoms with van der Waals surface area (Å²) in [5.74, 6) is 0. The van der Waals surface area contributed by atoms with Gasteiger partial charge < -0.3 is 0 Å². The Kier molecular flexibility index (Phi) is 3.40. The minimum absolute atomic E-state index is 0.173. The lowest BCUT2D eigenvalue weighted by Crippen LogP contribution is -2.11. The summed E-state index contributed by atoms with van der Waals surface area (Å²) in [5, 5.41) is 0. The molecule has 1 aromatic heterocycles. The molecule has 0 saturated carbocycles. The van der Waals surface area contributed by atoms with E-state index in [-0.39, 0.29) is 5.41 Å². The first-order chi connectivity index (χ1) is 8.41. The highest BCUT2D eigenvalue weighted by Crippen LogP contribution is 2.32. The summed E-state index contributed by atoms with van der Waals surface area (Å²) < 4.78 is 0. The molecule has 18 heavy (non-hydrogen) atoms. The van der Waals surface area contributed by atoms with Crippen molar-refractivity contribution in [3.8, 4) is 10.4 Å². The van der Waals surface area contributed by atoms with Gasteiger partial charge in [-0.2, -0.15) is 0 Å². The number of carbonyl (C=O) groups excluding carboxylic acids is 1. The lowest BCUT2D eigenvalue weighted by atomic mass is 9.85. The Hall–Kier alpha value is -1.41. The molecule has 0 radical (unpaired) electrons. The molecular weight excluding hydrogens is 240 g/mol. The highest BCUT2D eigenvalue weighted by Gasteiger charge is 2.15. The third-order valence-corrected chi connectivity index (χ3v) is 4.14. The number of hydrogen-bond donors (Lipinski definition) is 0.